The second-order valence-corrected chi connectivity index (χ2v) is 4.45. The van der Waals surface area contributed by atoms with Gasteiger partial charge >= 0.3 is 0 Å². The van der Waals surface area contributed by atoms with Gasteiger partial charge < -0.3 is 10.2 Å². The van der Waals surface area contributed by atoms with Gasteiger partial charge in [0.2, 0.25) is 0 Å². The van der Waals surface area contributed by atoms with Gasteiger partial charge in [0.25, 0.3) is 0 Å². The Balaban J connectivity index is 1.72. The molecule has 0 bridgehead atoms. The van der Waals surface area contributed by atoms with E-state index >= 15 is 0 Å². The van der Waals surface area contributed by atoms with Gasteiger partial charge in [-0.05, 0) is 38.3 Å². The first-order valence-corrected chi connectivity index (χ1v) is 5.30. The molecule has 2 aliphatic rings. The lowest BCUT2D eigenvalue weighted by atomic mass is 10.2. The zero-order chi connectivity index (χ0) is 8.39. The van der Waals surface area contributed by atoms with Gasteiger partial charge in [0.1, 0.15) is 0 Å². The Morgan fingerprint density at radius 2 is 2.33 bits per heavy atom. The maximum absolute atomic E-state index is 3.56. The molecule has 0 aromatic heterocycles. The quantitative estimate of drug-likeness (QED) is 0.664. The van der Waals surface area contributed by atoms with Crippen LogP contribution in [0.25, 0.3) is 0 Å². The minimum Gasteiger partial charge on any atom is -0.313 e. The van der Waals surface area contributed by atoms with Crippen molar-refractivity contribution >= 4 is 0 Å². The van der Waals surface area contributed by atoms with E-state index in [1.165, 1.54) is 45.4 Å². The van der Waals surface area contributed by atoms with Gasteiger partial charge in [-0.25, -0.2) is 0 Å². The van der Waals surface area contributed by atoms with Crippen LogP contribution in [0.3, 0.4) is 0 Å². The smallest absolute Gasteiger partial charge is 0.0195 e. The standard InChI is InChI=1S/C10H20N2/c1-9-4-6-12(7-9)8-10-3-2-5-11-10/h9-11H,2-8H2,1H3/t9?,10-/m0/s1. The lowest BCUT2D eigenvalue weighted by Crippen LogP contribution is -2.36. The third-order valence-electron chi connectivity index (χ3n) is 3.15. The van der Waals surface area contributed by atoms with Crippen molar-refractivity contribution < 1.29 is 0 Å². The summed E-state index contributed by atoms with van der Waals surface area (Å²) in [5, 5.41) is 3.56. The molecule has 2 heteroatoms. The highest BCUT2D eigenvalue weighted by atomic mass is 15.2. The van der Waals surface area contributed by atoms with Gasteiger partial charge in [-0.3, -0.25) is 0 Å². The predicted molar refractivity (Wildman–Crippen MR) is 51.2 cm³/mol. The Hall–Kier alpha value is -0.0800. The zero-order valence-electron chi connectivity index (χ0n) is 8.05. The maximum atomic E-state index is 3.56. The summed E-state index contributed by atoms with van der Waals surface area (Å²) < 4.78 is 0. The summed E-state index contributed by atoms with van der Waals surface area (Å²) in [6.07, 6.45) is 4.19. The summed E-state index contributed by atoms with van der Waals surface area (Å²) in [7, 11) is 0. The molecule has 0 amide bonds. The molecule has 2 rings (SSSR count). The van der Waals surface area contributed by atoms with E-state index in [4.69, 9.17) is 0 Å². The number of likely N-dealkylation sites (tertiary alicyclic amines) is 1. The van der Waals surface area contributed by atoms with Crippen molar-refractivity contribution in [2.45, 2.75) is 32.2 Å². The van der Waals surface area contributed by atoms with E-state index in [-0.39, 0.29) is 0 Å². The van der Waals surface area contributed by atoms with E-state index in [2.05, 4.69) is 17.1 Å². The van der Waals surface area contributed by atoms with E-state index in [0.717, 1.165) is 12.0 Å². The van der Waals surface area contributed by atoms with Crippen molar-refractivity contribution in [2.24, 2.45) is 5.92 Å². The molecule has 12 heavy (non-hydrogen) atoms. The van der Waals surface area contributed by atoms with Crippen LogP contribution in [0, 0.1) is 5.92 Å². The molecular formula is C10H20N2. The van der Waals surface area contributed by atoms with Crippen LogP contribution in [-0.2, 0) is 0 Å². The summed E-state index contributed by atoms with van der Waals surface area (Å²) in [6.45, 7) is 7.57. The van der Waals surface area contributed by atoms with Gasteiger partial charge in [-0.15, -0.1) is 0 Å². The van der Waals surface area contributed by atoms with Crippen molar-refractivity contribution in [2.75, 3.05) is 26.2 Å². The summed E-state index contributed by atoms with van der Waals surface area (Å²) in [5.41, 5.74) is 0. The number of hydrogen-bond donors (Lipinski definition) is 1. The normalized spacial score (nSPS) is 37.8. The Kier molecular flexibility index (Phi) is 2.66. The first-order chi connectivity index (χ1) is 5.84. The minimum atomic E-state index is 0.801. The molecule has 0 radical (unpaired) electrons. The van der Waals surface area contributed by atoms with Crippen LogP contribution < -0.4 is 5.32 Å². The van der Waals surface area contributed by atoms with E-state index in [0.29, 0.717) is 0 Å². The Labute approximate surface area is 75.3 Å². The van der Waals surface area contributed by atoms with Gasteiger partial charge in [0.05, 0.1) is 0 Å². The molecule has 0 aromatic rings. The van der Waals surface area contributed by atoms with Crippen molar-refractivity contribution in [1.29, 1.82) is 0 Å². The number of rotatable bonds is 2. The fourth-order valence-electron chi connectivity index (χ4n) is 2.42. The first-order valence-electron chi connectivity index (χ1n) is 5.30. The van der Waals surface area contributed by atoms with Crippen LogP contribution in [-0.4, -0.2) is 37.1 Å². The summed E-state index contributed by atoms with van der Waals surface area (Å²) in [6, 6.07) is 0.801. The zero-order valence-corrected chi connectivity index (χ0v) is 8.05. The Morgan fingerprint density at radius 1 is 1.42 bits per heavy atom. The Bertz CT molecular complexity index is 141. The summed E-state index contributed by atoms with van der Waals surface area (Å²) in [5.74, 6) is 0.936. The molecular weight excluding hydrogens is 148 g/mol. The molecule has 0 aromatic carbocycles. The number of hydrogen-bond acceptors (Lipinski definition) is 2. The van der Waals surface area contributed by atoms with Gasteiger partial charge in [-0.1, -0.05) is 6.92 Å². The molecule has 0 aliphatic carbocycles. The van der Waals surface area contributed by atoms with Crippen LogP contribution in [0.4, 0.5) is 0 Å². The van der Waals surface area contributed by atoms with E-state index in [1.807, 2.05) is 0 Å². The number of nitrogens with one attached hydrogen (secondary N) is 1. The molecule has 2 heterocycles. The molecule has 2 nitrogen and oxygen atoms in total. The van der Waals surface area contributed by atoms with Crippen LogP contribution in [0.15, 0.2) is 0 Å². The largest absolute Gasteiger partial charge is 0.313 e. The third-order valence-corrected chi connectivity index (χ3v) is 3.15. The monoisotopic (exact) mass is 168 g/mol. The van der Waals surface area contributed by atoms with Crippen LogP contribution >= 0.6 is 0 Å². The topological polar surface area (TPSA) is 15.3 Å². The van der Waals surface area contributed by atoms with Crippen molar-refractivity contribution in [1.82, 2.24) is 10.2 Å². The first kappa shape index (κ1) is 8.52. The van der Waals surface area contributed by atoms with Gasteiger partial charge in [0.15, 0.2) is 0 Å². The molecule has 2 fully saturated rings. The predicted octanol–water partition coefficient (Wildman–Crippen LogP) is 1.08. The van der Waals surface area contributed by atoms with E-state index in [1.54, 1.807) is 0 Å². The SMILES string of the molecule is CC1CCN(C[C@@H]2CCCN2)C1. The summed E-state index contributed by atoms with van der Waals surface area (Å²) >= 11 is 0. The van der Waals surface area contributed by atoms with Crippen LogP contribution in [0.2, 0.25) is 0 Å². The van der Waals surface area contributed by atoms with Crippen LogP contribution in [0.1, 0.15) is 26.2 Å². The molecule has 0 spiro atoms. The van der Waals surface area contributed by atoms with Crippen molar-refractivity contribution in [3.8, 4) is 0 Å². The fourth-order valence-corrected chi connectivity index (χ4v) is 2.42. The maximum Gasteiger partial charge on any atom is 0.0195 e. The highest BCUT2D eigenvalue weighted by Gasteiger charge is 2.22. The third kappa shape index (κ3) is 1.99. The average molecular weight is 168 g/mol. The molecule has 2 saturated heterocycles. The molecule has 0 saturated carbocycles. The average Bonchev–Trinajstić information content (AvgIpc) is 2.63. The molecule has 1 unspecified atom stereocenters. The minimum absolute atomic E-state index is 0.801. The second-order valence-electron chi connectivity index (χ2n) is 4.45. The summed E-state index contributed by atoms with van der Waals surface area (Å²) in [4.78, 5) is 2.62. The van der Waals surface area contributed by atoms with E-state index < -0.39 is 0 Å². The highest BCUT2D eigenvalue weighted by Crippen LogP contribution is 2.16. The lowest BCUT2D eigenvalue weighted by Gasteiger charge is -2.19. The highest BCUT2D eigenvalue weighted by molar-refractivity contribution is 4.81. The second kappa shape index (κ2) is 3.75. The molecule has 1 N–H and O–H groups in total. The van der Waals surface area contributed by atoms with Crippen molar-refractivity contribution in [3.05, 3.63) is 0 Å². The van der Waals surface area contributed by atoms with Crippen LogP contribution in [0.5, 0.6) is 0 Å². The van der Waals surface area contributed by atoms with Gasteiger partial charge in [-0.2, -0.15) is 0 Å². The molecule has 70 valence electrons. The lowest BCUT2D eigenvalue weighted by molar-refractivity contribution is 0.294. The molecule has 2 atom stereocenters. The van der Waals surface area contributed by atoms with Crippen molar-refractivity contribution in [3.63, 3.8) is 0 Å². The Morgan fingerprint density at radius 3 is 2.92 bits per heavy atom. The molecule has 2 aliphatic heterocycles. The van der Waals surface area contributed by atoms with Gasteiger partial charge in [0, 0.05) is 19.1 Å². The number of nitrogens with zero attached hydrogens (tertiary/aromatic N) is 1. The fraction of sp³-hybridized carbons (Fsp3) is 1.00. The van der Waals surface area contributed by atoms with E-state index in [9.17, 15) is 0 Å².